The van der Waals surface area contributed by atoms with Crippen LogP contribution in [0.15, 0.2) is 0 Å². The molecule has 0 saturated heterocycles. The molecule has 4 rings (SSSR count). The number of alkyl carbamates (subject to hydrolysis) is 1. The summed E-state index contributed by atoms with van der Waals surface area (Å²) in [6.45, 7) is 5.21. The van der Waals surface area contributed by atoms with Crippen LogP contribution in [0.3, 0.4) is 0 Å². The molecule has 0 radical (unpaired) electrons. The lowest BCUT2D eigenvalue weighted by Crippen LogP contribution is -2.57. The highest BCUT2D eigenvalue weighted by Gasteiger charge is 2.62. The van der Waals surface area contributed by atoms with Gasteiger partial charge in [-0.1, -0.05) is 13.8 Å². The first-order valence-electron chi connectivity index (χ1n) is 11.0. The number of fused-ring (bicyclic) bond motifs is 5. The van der Waals surface area contributed by atoms with Gasteiger partial charge in [-0.15, -0.1) is 0 Å². The fourth-order valence-electron chi connectivity index (χ4n) is 7.25. The number of nitrogens with one attached hydrogen (secondary N) is 1. The van der Waals surface area contributed by atoms with Crippen molar-refractivity contribution in [3.63, 3.8) is 0 Å². The molecular formula is C22H34N2O4. The van der Waals surface area contributed by atoms with E-state index < -0.39 is 6.09 Å². The molecule has 0 aliphatic heterocycles. The highest BCUT2D eigenvalue weighted by Crippen LogP contribution is 2.64. The van der Waals surface area contributed by atoms with Gasteiger partial charge in [0.25, 0.3) is 0 Å². The number of ether oxygens (including phenoxy) is 1. The summed E-state index contributed by atoms with van der Waals surface area (Å²) in [5.41, 5.74) is 5.18. The third kappa shape index (κ3) is 2.99. The molecular weight excluding hydrogens is 356 g/mol. The number of carbonyl (C=O) groups excluding carboxylic acids is 3. The van der Waals surface area contributed by atoms with Crippen LogP contribution in [0.2, 0.25) is 0 Å². The third-order valence-electron chi connectivity index (χ3n) is 8.81. The molecule has 0 aromatic carbocycles. The van der Waals surface area contributed by atoms with Crippen LogP contribution in [-0.2, 0) is 14.3 Å². The number of hydrogen-bond donors (Lipinski definition) is 2. The lowest BCUT2D eigenvalue weighted by atomic mass is 9.45. The Hall–Kier alpha value is -1.43. The van der Waals surface area contributed by atoms with Gasteiger partial charge in [-0.3, -0.25) is 9.59 Å². The van der Waals surface area contributed by atoms with Crippen LogP contribution in [0.5, 0.6) is 0 Å². The van der Waals surface area contributed by atoms with Crippen LogP contribution in [0, 0.1) is 34.5 Å². The van der Waals surface area contributed by atoms with Crippen LogP contribution in [-0.4, -0.2) is 36.9 Å². The average molecular weight is 391 g/mol. The van der Waals surface area contributed by atoms with E-state index in [-0.39, 0.29) is 22.9 Å². The first-order valence-corrected chi connectivity index (χ1v) is 11.0. The minimum atomic E-state index is -0.432. The molecule has 4 saturated carbocycles. The van der Waals surface area contributed by atoms with Gasteiger partial charge >= 0.3 is 6.09 Å². The Bertz CT molecular complexity index is 679. The monoisotopic (exact) mass is 390 g/mol. The topological polar surface area (TPSA) is 98.5 Å². The maximum Gasteiger partial charge on any atom is 0.407 e. The summed E-state index contributed by atoms with van der Waals surface area (Å²) < 4.78 is 5.57. The standard InChI is InChI=1S/C22H34N2O4/c1-21-7-5-13(28-20(27)24-10-9-23)11-17(21)18(25)12-14-15-3-4-19(26)22(15,2)8-6-16(14)21/h13-17H,3-12,23H2,1-2H3,(H,24,27)/t13-,14-,15-,16-,17?,21+,22-/m0/s1. The zero-order chi connectivity index (χ0) is 20.1. The third-order valence-corrected chi connectivity index (χ3v) is 8.81. The number of ketones is 2. The second-order valence-corrected chi connectivity index (χ2v) is 10.0. The predicted octanol–water partition coefficient (Wildman–Crippen LogP) is 2.83. The van der Waals surface area contributed by atoms with Crippen LogP contribution in [0.4, 0.5) is 4.79 Å². The molecule has 28 heavy (non-hydrogen) atoms. The van der Waals surface area contributed by atoms with Crippen molar-refractivity contribution in [1.82, 2.24) is 5.32 Å². The Morgan fingerprint density at radius 1 is 1.18 bits per heavy atom. The summed E-state index contributed by atoms with van der Waals surface area (Å²) >= 11 is 0. The molecule has 0 heterocycles. The van der Waals surface area contributed by atoms with E-state index in [1.807, 2.05) is 0 Å². The summed E-state index contributed by atoms with van der Waals surface area (Å²) in [5, 5.41) is 2.65. The van der Waals surface area contributed by atoms with Crippen molar-refractivity contribution in [3.8, 4) is 0 Å². The van der Waals surface area contributed by atoms with Crippen molar-refractivity contribution in [2.24, 2.45) is 40.2 Å². The number of nitrogens with two attached hydrogens (primary N) is 1. The fraction of sp³-hybridized carbons (Fsp3) is 0.864. The second-order valence-electron chi connectivity index (χ2n) is 10.0. The van der Waals surface area contributed by atoms with Gasteiger partial charge in [0.15, 0.2) is 0 Å². The van der Waals surface area contributed by atoms with Crippen molar-refractivity contribution in [2.45, 2.75) is 71.3 Å². The lowest BCUT2D eigenvalue weighted by Gasteiger charge is -2.59. The minimum absolute atomic E-state index is 0.0272. The Kier molecular flexibility index (Phi) is 5.05. The number of amides is 1. The normalized spacial score (nSPS) is 45.0. The van der Waals surface area contributed by atoms with Crippen molar-refractivity contribution in [2.75, 3.05) is 13.1 Å². The molecule has 3 N–H and O–H groups in total. The van der Waals surface area contributed by atoms with E-state index in [2.05, 4.69) is 19.2 Å². The van der Waals surface area contributed by atoms with Gasteiger partial charge in [0, 0.05) is 37.3 Å². The van der Waals surface area contributed by atoms with E-state index in [9.17, 15) is 14.4 Å². The molecule has 6 nitrogen and oxygen atoms in total. The molecule has 4 aliphatic rings. The van der Waals surface area contributed by atoms with Crippen LogP contribution in [0.25, 0.3) is 0 Å². The highest BCUT2D eigenvalue weighted by molar-refractivity contribution is 5.88. The van der Waals surface area contributed by atoms with Crippen LogP contribution in [0.1, 0.15) is 65.2 Å². The molecule has 4 aliphatic carbocycles. The van der Waals surface area contributed by atoms with Crippen molar-refractivity contribution >= 4 is 17.7 Å². The first-order chi connectivity index (χ1) is 13.3. The van der Waals surface area contributed by atoms with E-state index in [4.69, 9.17) is 10.5 Å². The van der Waals surface area contributed by atoms with E-state index in [0.29, 0.717) is 61.7 Å². The first kappa shape index (κ1) is 19.9. The van der Waals surface area contributed by atoms with E-state index in [0.717, 1.165) is 32.1 Å². The molecule has 0 spiro atoms. The summed E-state index contributed by atoms with van der Waals surface area (Å²) in [6.07, 6.45) is 5.99. The van der Waals surface area contributed by atoms with Gasteiger partial charge in [0.1, 0.15) is 17.7 Å². The fourth-order valence-corrected chi connectivity index (χ4v) is 7.25. The van der Waals surface area contributed by atoms with E-state index >= 15 is 0 Å². The quantitative estimate of drug-likeness (QED) is 0.772. The van der Waals surface area contributed by atoms with Gasteiger partial charge in [-0.25, -0.2) is 4.79 Å². The van der Waals surface area contributed by atoms with Crippen molar-refractivity contribution < 1.29 is 19.1 Å². The number of Topliss-reactive ketones (excluding diaryl/α,β-unsaturated/α-hetero) is 2. The summed E-state index contributed by atoms with van der Waals surface area (Å²) in [7, 11) is 0. The Balaban J connectivity index is 1.49. The van der Waals surface area contributed by atoms with E-state index in [1.165, 1.54) is 0 Å². The summed E-state index contributed by atoms with van der Waals surface area (Å²) in [6, 6.07) is 0. The zero-order valence-corrected chi connectivity index (χ0v) is 17.2. The van der Waals surface area contributed by atoms with Crippen LogP contribution >= 0.6 is 0 Å². The van der Waals surface area contributed by atoms with Crippen molar-refractivity contribution in [3.05, 3.63) is 0 Å². The lowest BCUT2D eigenvalue weighted by molar-refractivity contribution is -0.160. The van der Waals surface area contributed by atoms with Gasteiger partial charge in [-0.2, -0.15) is 0 Å². The highest BCUT2D eigenvalue weighted by atomic mass is 16.6. The number of rotatable bonds is 3. The predicted molar refractivity (Wildman–Crippen MR) is 104 cm³/mol. The molecule has 7 atom stereocenters. The average Bonchev–Trinajstić information content (AvgIpc) is 2.96. The molecule has 4 fully saturated rings. The van der Waals surface area contributed by atoms with Gasteiger partial charge < -0.3 is 15.8 Å². The molecule has 0 aromatic rings. The minimum Gasteiger partial charge on any atom is -0.446 e. The largest absolute Gasteiger partial charge is 0.446 e. The molecule has 156 valence electrons. The summed E-state index contributed by atoms with van der Waals surface area (Å²) in [4.78, 5) is 37.6. The Morgan fingerprint density at radius 2 is 1.96 bits per heavy atom. The molecule has 6 heteroatoms. The maximum absolute atomic E-state index is 13.2. The number of carbonyl (C=O) groups is 3. The van der Waals surface area contributed by atoms with Crippen LogP contribution < -0.4 is 11.1 Å². The smallest absolute Gasteiger partial charge is 0.407 e. The van der Waals surface area contributed by atoms with Crippen molar-refractivity contribution in [1.29, 1.82) is 0 Å². The summed E-state index contributed by atoms with van der Waals surface area (Å²) in [5.74, 6) is 1.93. The van der Waals surface area contributed by atoms with Gasteiger partial charge in [0.05, 0.1) is 0 Å². The van der Waals surface area contributed by atoms with Gasteiger partial charge in [0.2, 0.25) is 0 Å². The molecule has 1 unspecified atom stereocenters. The molecule has 0 aromatic heterocycles. The van der Waals surface area contributed by atoms with E-state index in [1.54, 1.807) is 0 Å². The Morgan fingerprint density at radius 3 is 2.71 bits per heavy atom. The maximum atomic E-state index is 13.2. The number of hydrogen-bond acceptors (Lipinski definition) is 5. The van der Waals surface area contributed by atoms with Gasteiger partial charge in [-0.05, 0) is 61.7 Å². The SMILES string of the molecule is C[C@]12CC[C@H](OC(=O)NCCN)CC1C(=O)C[C@@H]1[C@@H]2CC[C@]2(C)C(=O)CC[C@@H]12. The molecule has 0 bridgehead atoms. The zero-order valence-electron chi connectivity index (χ0n) is 17.2. The Labute approximate surface area is 167 Å². The molecule has 1 amide bonds. The second kappa shape index (κ2) is 7.12.